The highest BCUT2D eigenvalue weighted by Gasteiger charge is 2.03. The highest BCUT2D eigenvalue weighted by Crippen LogP contribution is 2.21. The van der Waals surface area contributed by atoms with Crippen molar-refractivity contribution in [2.24, 2.45) is 5.11 Å². The molecule has 1 amide bonds. The molecule has 0 aliphatic heterocycles. The summed E-state index contributed by atoms with van der Waals surface area (Å²) in [4.78, 5) is 14.6. The predicted molar refractivity (Wildman–Crippen MR) is 97.6 cm³/mol. The molecule has 24 heavy (non-hydrogen) atoms. The average Bonchev–Trinajstić information content (AvgIpc) is 2.62. The molecule has 2 aromatic carbocycles. The SMILES string of the molecule is [N-]=[N+]=NCCCCCCC(=O)Nc1ccc(-c2ccccc2)cc1. The standard InChI is InChI=1S/C19H22N4O/c20-23-21-15-7-2-1-6-10-19(24)22-18-13-11-17(12-14-18)16-8-4-3-5-9-16/h3-5,8-9,11-14H,1-2,6-7,10,15H2,(H,22,24). The molecule has 124 valence electrons. The van der Waals surface area contributed by atoms with Crippen molar-refractivity contribution in [2.45, 2.75) is 32.1 Å². The van der Waals surface area contributed by atoms with Crippen LogP contribution in [0.1, 0.15) is 32.1 Å². The zero-order valence-corrected chi connectivity index (χ0v) is 13.7. The van der Waals surface area contributed by atoms with Gasteiger partial charge in [0.25, 0.3) is 0 Å². The van der Waals surface area contributed by atoms with Crippen LogP contribution >= 0.6 is 0 Å². The molecule has 0 aliphatic carbocycles. The third kappa shape index (κ3) is 6.15. The van der Waals surface area contributed by atoms with Gasteiger partial charge in [-0.25, -0.2) is 0 Å². The highest BCUT2D eigenvalue weighted by molar-refractivity contribution is 5.90. The summed E-state index contributed by atoms with van der Waals surface area (Å²) in [5.41, 5.74) is 11.3. The van der Waals surface area contributed by atoms with Crippen molar-refractivity contribution >= 4 is 11.6 Å². The Balaban J connectivity index is 1.71. The van der Waals surface area contributed by atoms with Gasteiger partial charge < -0.3 is 5.32 Å². The van der Waals surface area contributed by atoms with Gasteiger partial charge in [0.1, 0.15) is 0 Å². The zero-order valence-electron chi connectivity index (χ0n) is 13.7. The number of hydrogen-bond donors (Lipinski definition) is 1. The zero-order chi connectivity index (χ0) is 17.0. The summed E-state index contributed by atoms with van der Waals surface area (Å²) < 4.78 is 0. The van der Waals surface area contributed by atoms with E-state index in [4.69, 9.17) is 5.53 Å². The fourth-order valence-corrected chi connectivity index (χ4v) is 2.47. The van der Waals surface area contributed by atoms with E-state index in [0.717, 1.165) is 42.5 Å². The molecule has 0 aliphatic rings. The maximum atomic E-state index is 11.9. The van der Waals surface area contributed by atoms with Crippen LogP contribution in [0.4, 0.5) is 5.69 Å². The van der Waals surface area contributed by atoms with Crippen molar-refractivity contribution in [3.05, 3.63) is 65.0 Å². The van der Waals surface area contributed by atoms with Crippen molar-refractivity contribution in [1.82, 2.24) is 0 Å². The molecule has 5 heteroatoms. The molecule has 5 nitrogen and oxygen atoms in total. The van der Waals surface area contributed by atoms with E-state index in [1.807, 2.05) is 42.5 Å². The first kappa shape index (κ1) is 17.6. The number of hydrogen-bond acceptors (Lipinski definition) is 2. The number of nitrogens with one attached hydrogen (secondary N) is 1. The normalized spacial score (nSPS) is 10.0. The van der Waals surface area contributed by atoms with Gasteiger partial charge in [0.05, 0.1) is 0 Å². The van der Waals surface area contributed by atoms with Gasteiger partial charge in [-0.2, -0.15) is 0 Å². The van der Waals surface area contributed by atoms with Crippen LogP contribution in [0.15, 0.2) is 59.7 Å². The minimum absolute atomic E-state index is 0.0394. The Bertz CT molecular complexity index is 676. The van der Waals surface area contributed by atoms with Crippen LogP contribution in [0, 0.1) is 0 Å². The third-order valence-corrected chi connectivity index (χ3v) is 3.75. The van der Waals surface area contributed by atoms with E-state index in [1.54, 1.807) is 0 Å². The minimum Gasteiger partial charge on any atom is -0.326 e. The number of carbonyl (C=O) groups is 1. The molecule has 1 N–H and O–H groups in total. The van der Waals surface area contributed by atoms with Gasteiger partial charge >= 0.3 is 0 Å². The summed E-state index contributed by atoms with van der Waals surface area (Å²) >= 11 is 0. The van der Waals surface area contributed by atoms with Crippen LogP contribution in [0.3, 0.4) is 0 Å². The number of benzene rings is 2. The van der Waals surface area contributed by atoms with Crippen LogP contribution in [-0.2, 0) is 4.79 Å². The molecule has 0 heterocycles. The number of carbonyl (C=O) groups excluding carboxylic acids is 1. The monoisotopic (exact) mass is 322 g/mol. The minimum atomic E-state index is 0.0394. The lowest BCUT2D eigenvalue weighted by molar-refractivity contribution is -0.116. The number of amides is 1. The second kappa shape index (κ2) is 10.1. The third-order valence-electron chi connectivity index (χ3n) is 3.75. The van der Waals surface area contributed by atoms with Gasteiger partial charge in [-0.05, 0) is 41.6 Å². The molecule has 0 aromatic heterocycles. The maximum Gasteiger partial charge on any atom is 0.224 e. The van der Waals surface area contributed by atoms with Crippen LogP contribution in [0.5, 0.6) is 0 Å². The van der Waals surface area contributed by atoms with Gasteiger partial charge in [0, 0.05) is 23.6 Å². The molecule has 0 saturated heterocycles. The number of rotatable bonds is 9. The Hall–Kier alpha value is -2.78. The van der Waals surface area contributed by atoms with Gasteiger partial charge in [0.15, 0.2) is 0 Å². The van der Waals surface area contributed by atoms with Crippen molar-refractivity contribution < 1.29 is 4.79 Å². The molecule has 0 saturated carbocycles. The molecule has 0 radical (unpaired) electrons. The Morgan fingerprint density at radius 1 is 0.917 bits per heavy atom. The quantitative estimate of drug-likeness (QED) is 0.279. The summed E-state index contributed by atoms with van der Waals surface area (Å²) in [7, 11) is 0. The van der Waals surface area contributed by atoms with Crippen molar-refractivity contribution in [3.63, 3.8) is 0 Å². The first-order valence-corrected chi connectivity index (χ1v) is 8.26. The summed E-state index contributed by atoms with van der Waals surface area (Å²) in [6, 6.07) is 18.0. The van der Waals surface area contributed by atoms with E-state index >= 15 is 0 Å². The van der Waals surface area contributed by atoms with E-state index in [9.17, 15) is 4.79 Å². The van der Waals surface area contributed by atoms with E-state index in [2.05, 4.69) is 27.5 Å². The number of azide groups is 1. The van der Waals surface area contributed by atoms with E-state index < -0.39 is 0 Å². The Kier molecular flexibility index (Phi) is 7.38. The molecule has 0 atom stereocenters. The maximum absolute atomic E-state index is 11.9. The summed E-state index contributed by atoms with van der Waals surface area (Å²) in [6.07, 6.45) is 4.21. The lowest BCUT2D eigenvalue weighted by Crippen LogP contribution is -2.10. The molecular formula is C19H22N4O. The molecule has 0 bridgehead atoms. The fraction of sp³-hybridized carbons (Fsp3) is 0.316. The lowest BCUT2D eigenvalue weighted by Gasteiger charge is -2.07. The van der Waals surface area contributed by atoms with Gasteiger partial charge in [-0.1, -0.05) is 60.4 Å². The molecule has 0 fully saturated rings. The summed E-state index contributed by atoms with van der Waals surface area (Å²) in [5, 5.41) is 6.42. The van der Waals surface area contributed by atoms with Gasteiger partial charge in [-0.3, -0.25) is 4.79 Å². The van der Waals surface area contributed by atoms with Crippen LogP contribution in [0.25, 0.3) is 21.6 Å². The molecule has 0 spiro atoms. The second-order valence-corrected chi connectivity index (χ2v) is 5.61. The average molecular weight is 322 g/mol. The number of anilines is 1. The largest absolute Gasteiger partial charge is 0.326 e. The molecular weight excluding hydrogens is 300 g/mol. The first-order chi connectivity index (χ1) is 11.8. The lowest BCUT2D eigenvalue weighted by atomic mass is 10.1. The van der Waals surface area contributed by atoms with Crippen LogP contribution < -0.4 is 5.32 Å². The Labute approximate surface area is 142 Å². The topological polar surface area (TPSA) is 77.9 Å². The highest BCUT2D eigenvalue weighted by atomic mass is 16.1. The fourth-order valence-electron chi connectivity index (χ4n) is 2.47. The van der Waals surface area contributed by atoms with E-state index in [-0.39, 0.29) is 5.91 Å². The van der Waals surface area contributed by atoms with E-state index in [1.165, 1.54) is 0 Å². The van der Waals surface area contributed by atoms with Crippen molar-refractivity contribution in [3.8, 4) is 11.1 Å². The summed E-state index contributed by atoms with van der Waals surface area (Å²) in [5.74, 6) is 0.0394. The Morgan fingerprint density at radius 2 is 1.58 bits per heavy atom. The number of unbranched alkanes of at least 4 members (excludes halogenated alkanes) is 3. The van der Waals surface area contributed by atoms with Crippen LogP contribution in [0.2, 0.25) is 0 Å². The molecule has 0 unspecified atom stereocenters. The van der Waals surface area contributed by atoms with Gasteiger partial charge in [-0.15, -0.1) is 0 Å². The van der Waals surface area contributed by atoms with Crippen LogP contribution in [-0.4, -0.2) is 12.5 Å². The Morgan fingerprint density at radius 3 is 2.29 bits per heavy atom. The van der Waals surface area contributed by atoms with Crippen molar-refractivity contribution in [1.29, 1.82) is 0 Å². The smallest absolute Gasteiger partial charge is 0.224 e. The second-order valence-electron chi connectivity index (χ2n) is 5.61. The number of nitrogens with zero attached hydrogens (tertiary/aromatic N) is 3. The molecule has 2 rings (SSSR count). The first-order valence-electron chi connectivity index (χ1n) is 8.26. The summed E-state index contributed by atoms with van der Waals surface area (Å²) in [6.45, 7) is 0.538. The van der Waals surface area contributed by atoms with Gasteiger partial charge in [0.2, 0.25) is 5.91 Å². The predicted octanol–water partition coefficient (Wildman–Crippen LogP) is 5.55. The van der Waals surface area contributed by atoms with Crippen molar-refractivity contribution in [2.75, 3.05) is 11.9 Å². The van der Waals surface area contributed by atoms with E-state index in [0.29, 0.717) is 13.0 Å². The molecule has 2 aromatic rings.